The molecule has 1 aromatic rings. The van der Waals surface area contributed by atoms with Crippen LogP contribution >= 0.6 is 11.6 Å². The van der Waals surface area contributed by atoms with E-state index in [1.165, 1.54) is 12.8 Å². The lowest BCUT2D eigenvalue weighted by Crippen LogP contribution is -2.19. The van der Waals surface area contributed by atoms with Gasteiger partial charge < -0.3 is 9.47 Å². The quantitative estimate of drug-likeness (QED) is 0.615. The Kier molecular flexibility index (Phi) is 8.21. The standard InChI is InChI=1S/C17H25ClO3/c1-4-6-7-14(5-2)11-21-17(19)12-20-16-9-8-15(18)10-13(16)3/h8-10,14H,4-7,11-12H2,1-3H3/t14-/m1/s1. The van der Waals surface area contributed by atoms with Gasteiger partial charge in [-0.1, -0.05) is 44.7 Å². The fourth-order valence-corrected chi connectivity index (χ4v) is 2.29. The summed E-state index contributed by atoms with van der Waals surface area (Å²) in [6.45, 7) is 6.61. The van der Waals surface area contributed by atoms with Crippen LogP contribution in [0.2, 0.25) is 5.02 Å². The first-order chi connectivity index (χ1) is 10.1. The average molecular weight is 313 g/mol. The van der Waals surface area contributed by atoms with E-state index in [1.54, 1.807) is 18.2 Å². The number of halogens is 1. The minimum absolute atomic E-state index is 0.0628. The minimum atomic E-state index is -0.320. The zero-order chi connectivity index (χ0) is 15.7. The molecule has 0 unspecified atom stereocenters. The topological polar surface area (TPSA) is 35.5 Å². The van der Waals surface area contributed by atoms with Crippen molar-refractivity contribution in [2.24, 2.45) is 5.92 Å². The van der Waals surface area contributed by atoms with Gasteiger partial charge in [0, 0.05) is 5.02 Å². The molecule has 0 aliphatic carbocycles. The molecule has 1 rings (SSSR count). The van der Waals surface area contributed by atoms with Crippen molar-refractivity contribution in [2.45, 2.75) is 46.5 Å². The molecule has 0 saturated heterocycles. The van der Waals surface area contributed by atoms with Gasteiger partial charge in [-0.3, -0.25) is 0 Å². The van der Waals surface area contributed by atoms with Crippen LogP contribution in [0.3, 0.4) is 0 Å². The van der Waals surface area contributed by atoms with Crippen LogP contribution < -0.4 is 4.74 Å². The van der Waals surface area contributed by atoms with Gasteiger partial charge in [-0.05, 0) is 43.0 Å². The monoisotopic (exact) mass is 312 g/mol. The van der Waals surface area contributed by atoms with Crippen molar-refractivity contribution in [3.05, 3.63) is 28.8 Å². The van der Waals surface area contributed by atoms with Gasteiger partial charge in [0.2, 0.25) is 0 Å². The van der Waals surface area contributed by atoms with Crippen molar-refractivity contribution in [1.29, 1.82) is 0 Å². The van der Waals surface area contributed by atoms with Crippen molar-refractivity contribution in [3.8, 4) is 5.75 Å². The van der Waals surface area contributed by atoms with E-state index in [2.05, 4.69) is 13.8 Å². The maximum absolute atomic E-state index is 11.7. The number of hydrogen-bond donors (Lipinski definition) is 0. The maximum Gasteiger partial charge on any atom is 0.344 e. The summed E-state index contributed by atoms with van der Waals surface area (Å²) in [6.07, 6.45) is 4.49. The lowest BCUT2D eigenvalue weighted by atomic mass is 10.0. The number of carbonyl (C=O) groups is 1. The predicted molar refractivity (Wildman–Crippen MR) is 85.9 cm³/mol. The van der Waals surface area contributed by atoms with E-state index in [0.29, 0.717) is 23.3 Å². The summed E-state index contributed by atoms with van der Waals surface area (Å²) in [4.78, 5) is 11.7. The summed E-state index contributed by atoms with van der Waals surface area (Å²) >= 11 is 5.87. The number of esters is 1. The Bertz CT molecular complexity index is 446. The molecule has 0 saturated carbocycles. The number of hydrogen-bond acceptors (Lipinski definition) is 3. The highest BCUT2D eigenvalue weighted by molar-refractivity contribution is 6.30. The molecule has 0 amide bonds. The Morgan fingerprint density at radius 3 is 2.71 bits per heavy atom. The van der Waals surface area contributed by atoms with E-state index in [4.69, 9.17) is 21.1 Å². The zero-order valence-corrected chi connectivity index (χ0v) is 13.9. The van der Waals surface area contributed by atoms with Crippen LogP contribution in [0.25, 0.3) is 0 Å². The highest BCUT2D eigenvalue weighted by Crippen LogP contribution is 2.21. The van der Waals surface area contributed by atoms with Crippen LogP contribution in [0.1, 0.15) is 45.1 Å². The molecule has 0 spiro atoms. The van der Waals surface area contributed by atoms with Crippen molar-refractivity contribution in [1.82, 2.24) is 0 Å². The van der Waals surface area contributed by atoms with Gasteiger partial charge in [0.1, 0.15) is 5.75 Å². The van der Waals surface area contributed by atoms with Crippen molar-refractivity contribution in [2.75, 3.05) is 13.2 Å². The molecule has 0 aliphatic heterocycles. The van der Waals surface area contributed by atoms with E-state index >= 15 is 0 Å². The lowest BCUT2D eigenvalue weighted by Gasteiger charge is -2.15. The second-order valence-electron chi connectivity index (χ2n) is 5.30. The molecule has 0 bridgehead atoms. The van der Waals surface area contributed by atoms with E-state index in [1.807, 2.05) is 6.92 Å². The van der Waals surface area contributed by atoms with Crippen LogP contribution in [0.5, 0.6) is 5.75 Å². The second kappa shape index (κ2) is 9.67. The average Bonchev–Trinajstić information content (AvgIpc) is 2.46. The lowest BCUT2D eigenvalue weighted by molar-refractivity contribution is -0.147. The Hall–Kier alpha value is -1.22. The summed E-state index contributed by atoms with van der Waals surface area (Å²) in [6, 6.07) is 5.31. The fourth-order valence-electron chi connectivity index (χ4n) is 2.06. The van der Waals surface area contributed by atoms with Crippen molar-refractivity contribution >= 4 is 17.6 Å². The van der Waals surface area contributed by atoms with Gasteiger partial charge in [-0.25, -0.2) is 4.79 Å². The molecular weight excluding hydrogens is 288 g/mol. The van der Waals surface area contributed by atoms with Crippen molar-refractivity contribution < 1.29 is 14.3 Å². The fraction of sp³-hybridized carbons (Fsp3) is 0.588. The van der Waals surface area contributed by atoms with Crippen LogP contribution in [0.15, 0.2) is 18.2 Å². The van der Waals surface area contributed by atoms with E-state index < -0.39 is 0 Å². The molecular formula is C17H25ClO3. The molecule has 4 heteroatoms. The summed E-state index contributed by atoms with van der Waals surface area (Å²) in [5.41, 5.74) is 0.907. The predicted octanol–water partition coefficient (Wildman–Crippen LogP) is 4.79. The summed E-state index contributed by atoms with van der Waals surface area (Å²) in [5, 5.41) is 0.657. The second-order valence-corrected chi connectivity index (χ2v) is 5.73. The first-order valence-corrected chi connectivity index (χ1v) is 7.99. The molecule has 0 N–H and O–H groups in total. The number of aryl methyl sites for hydroxylation is 1. The van der Waals surface area contributed by atoms with Gasteiger partial charge in [-0.2, -0.15) is 0 Å². The van der Waals surface area contributed by atoms with Gasteiger partial charge in [0.15, 0.2) is 6.61 Å². The third-order valence-corrected chi connectivity index (χ3v) is 3.74. The highest BCUT2D eigenvalue weighted by atomic mass is 35.5. The van der Waals surface area contributed by atoms with Crippen LogP contribution in [-0.2, 0) is 9.53 Å². The normalized spacial score (nSPS) is 12.0. The first-order valence-electron chi connectivity index (χ1n) is 7.61. The van der Waals surface area contributed by atoms with Crippen molar-refractivity contribution in [3.63, 3.8) is 0 Å². The van der Waals surface area contributed by atoms with Gasteiger partial charge >= 0.3 is 5.97 Å². The molecule has 0 radical (unpaired) electrons. The maximum atomic E-state index is 11.7. The highest BCUT2D eigenvalue weighted by Gasteiger charge is 2.11. The molecule has 0 fully saturated rings. The molecule has 1 atom stereocenters. The van der Waals surface area contributed by atoms with Crippen LogP contribution in [0, 0.1) is 12.8 Å². The van der Waals surface area contributed by atoms with E-state index in [9.17, 15) is 4.79 Å². The van der Waals surface area contributed by atoms with Crippen LogP contribution in [-0.4, -0.2) is 19.2 Å². The Morgan fingerprint density at radius 2 is 2.10 bits per heavy atom. The SMILES string of the molecule is CCCC[C@@H](CC)COC(=O)COc1ccc(Cl)cc1C. The molecule has 3 nitrogen and oxygen atoms in total. The Morgan fingerprint density at radius 1 is 1.33 bits per heavy atom. The number of carbonyl (C=O) groups excluding carboxylic acids is 1. The number of rotatable bonds is 9. The van der Waals surface area contributed by atoms with Gasteiger partial charge in [-0.15, -0.1) is 0 Å². The third-order valence-electron chi connectivity index (χ3n) is 3.51. The first kappa shape index (κ1) is 17.8. The van der Waals surface area contributed by atoms with E-state index in [-0.39, 0.29) is 12.6 Å². The summed E-state index contributed by atoms with van der Waals surface area (Å²) < 4.78 is 10.8. The Labute approximate surface area is 132 Å². The van der Waals surface area contributed by atoms with Gasteiger partial charge in [0.25, 0.3) is 0 Å². The van der Waals surface area contributed by atoms with Crippen LogP contribution in [0.4, 0.5) is 0 Å². The third kappa shape index (κ3) is 6.85. The molecule has 0 aromatic heterocycles. The Balaban J connectivity index is 2.33. The largest absolute Gasteiger partial charge is 0.482 e. The molecule has 0 aliphatic rings. The number of benzene rings is 1. The molecule has 118 valence electrons. The summed E-state index contributed by atoms with van der Waals surface area (Å²) in [7, 11) is 0. The molecule has 0 heterocycles. The molecule has 1 aromatic carbocycles. The van der Waals surface area contributed by atoms with E-state index in [0.717, 1.165) is 18.4 Å². The number of unbranched alkanes of at least 4 members (excludes halogenated alkanes) is 1. The van der Waals surface area contributed by atoms with Gasteiger partial charge in [0.05, 0.1) is 6.61 Å². The smallest absolute Gasteiger partial charge is 0.344 e. The molecule has 21 heavy (non-hydrogen) atoms. The number of ether oxygens (including phenoxy) is 2. The summed E-state index contributed by atoms with van der Waals surface area (Å²) in [5.74, 6) is 0.792. The zero-order valence-electron chi connectivity index (χ0n) is 13.2. The minimum Gasteiger partial charge on any atom is -0.482 e.